The molecule has 2 amide bonds. The topological polar surface area (TPSA) is 95.5 Å². The lowest BCUT2D eigenvalue weighted by Crippen LogP contribution is -2.51. The molecule has 11 heteroatoms. The summed E-state index contributed by atoms with van der Waals surface area (Å²) in [7, 11) is 0. The average molecular weight is 489 g/mol. The molecule has 2 saturated heterocycles. The highest BCUT2D eigenvalue weighted by Crippen LogP contribution is 2.41. The number of nitrogens with zero attached hydrogens (tertiary/aromatic N) is 5. The van der Waals surface area contributed by atoms with Crippen molar-refractivity contribution in [3.05, 3.63) is 41.5 Å². The smallest absolute Gasteiger partial charge is 0.406 e. The standard InChI is InChI=1S/C24H26F3N5O3/c25-24(26,27)34-20-5-3-16(4-6-20)18-11-19(22-29-21(30-35-22)17-1-2-17)14-32(13-18)23(33)31-9-7-15(12-28)8-10-31/h3-6,15,17-19H,1-2,7-11,13-14H2. The Morgan fingerprint density at radius 3 is 2.34 bits per heavy atom. The van der Waals surface area contributed by atoms with Crippen LogP contribution in [0.25, 0.3) is 0 Å². The fraction of sp³-hybridized carbons (Fsp3) is 0.583. The quantitative estimate of drug-likeness (QED) is 0.614. The highest BCUT2D eigenvalue weighted by molar-refractivity contribution is 5.75. The van der Waals surface area contributed by atoms with Crippen molar-refractivity contribution in [3.8, 4) is 11.8 Å². The van der Waals surface area contributed by atoms with Gasteiger partial charge in [0.05, 0.1) is 12.0 Å². The van der Waals surface area contributed by atoms with E-state index >= 15 is 0 Å². The normalized spacial score (nSPS) is 23.7. The molecule has 8 nitrogen and oxygen atoms in total. The molecular formula is C24H26F3N5O3. The van der Waals surface area contributed by atoms with Crippen LogP contribution in [-0.4, -0.2) is 58.5 Å². The van der Waals surface area contributed by atoms with Crippen LogP contribution >= 0.6 is 0 Å². The Balaban J connectivity index is 1.35. The van der Waals surface area contributed by atoms with Gasteiger partial charge in [-0.25, -0.2) is 4.79 Å². The van der Waals surface area contributed by atoms with E-state index in [2.05, 4.69) is 20.9 Å². The Kier molecular flexibility index (Phi) is 6.30. The molecule has 35 heavy (non-hydrogen) atoms. The number of rotatable bonds is 4. The molecule has 3 aliphatic rings. The van der Waals surface area contributed by atoms with Crippen LogP contribution < -0.4 is 4.74 Å². The van der Waals surface area contributed by atoms with Gasteiger partial charge in [0.1, 0.15) is 5.75 Å². The Hall–Kier alpha value is -3.29. The molecule has 0 bridgehead atoms. The van der Waals surface area contributed by atoms with Gasteiger partial charge < -0.3 is 19.1 Å². The molecule has 1 aromatic carbocycles. The van der Waals surface area contributed by atoms with Gasteiger partial charge in [-0.1, -0.05) is 17.3 Å². The van der Waals surface area contributed by atoms with Crippen molar-refractivity contribution >= 4 is 6.03 Å². The van der Waals surface area contributed by atoms with E-state index in [4.69, 9.17) is 9.78 Å². The van der Waals surface area contributed by atoms with Gasteiger partial charge in [0, 0.05) is 43.9 Å². The first-order chi connectivity index (χ1) is 16.8. The maximum atomic E-state index is 13.4. The van der Waals surface area contributed by atoms with Crippen LogP contribution in [0.1, 0.15) is 67.1 Å². The lowest BCUT2D eigenvalue weighted by molar-refractivity contribution is -0.274. The molecule has 3 fully saturated rings. The molecule has 1 aliphatic carbocycles. The molecule has 0 N–H and O–H groups in total. The maximum absolute atomic E-state index is 13.4. The number of ether oxygens (including phenoxy) is 1. The van der Waals surface area contributed by atoms with Gasteiger partial charge in [-0.05, 0) is 49.8 Å². The zero-order valence-electron chi connectivity index (χ0n) is 19.1. The Morgan fingerprint density at radius 2 is 1.71 bits per heavy atom. The summed E-state index contributed by atoms with van der Waals surface area (Å²) in [4.78, 5) is 21.5. The number of benzene rings is 1. The van der Waals surface area contributed by atoms with Crippen LogP contribution in [0.3, 0.4) is 0 Å². The first-order valence-electron chi connectivity index (χ1n) is 11.9. The molecule has 3 heterocycles. The van der Waals surface area contributed by atoms with Crippen molar-refractivity contribution in [2.24, 2.45) is 5.92 Å². The number of amides is 2. The van der Waals surface area contributed by atoms with Gasteiger partial charge in [-0.2, -0.15) is 10.2 Å². The Bertz CT molecular complexity index is 1090. The summed E-state index contributed by atoms with van der Waals surface area (Å²) in [5, 5.41) is 13.3. The zero-order valence-corrected chi connectivity index (χ0v) is 19.1. The molecule has 2 atom stereocenters. The molecular weight excluding hydrogens is 463 g/mol. The molecule has 2 unspecified atom stereocenters. The third-order valence-electron chi connectivity index (χ3n) is 7.00. The number of piperidine rings is 2. The summed E-state index contributed by atoms with van der Waals surface area (Å²) in [5.41, 5.74) is 0.812. The summed E-state index contributed by atoms with van der Waals surface area (Å²) in [6.07, 6.45) is -0.733. The second-order valence-corrected chi connectivity index (χ2v) is 9.59. The SMILES string of the molecule is N#CC1CCN(C(=O)N2CC(c3ccc(OC(F)(F)F)cc3)CC(c3nc(C4CC4)no3)C2)CC1. The number of carbonyl (C=O) groups excluding carboxylic acids is 1. The highest BCUT2D eigenvalue weighted by Gasteiger charge is 2.38. The van der Waals surface area contributed by atoms with Crippen molar-refractivity contribution in [3.63, 3.8) is 0 Å². The molecule has 2 aliphatic heterocycles. The summed E-state index contributed by atoms with van der Waals surface area (Å²) in [6, 6.07) is 7.98. The van der Waals surface area contributed by atoms with Gasteiger partial charge in [-0.15, -0.1) is 13.2 Å². The molecule has 0 radical (unpaired) electrons. The highest BCUT2D eigenvalue weighted by atomic mass is 19.4. The number of alkyl halides is 3. The van der Waals surface area contributed by atoms with Crippen LogP contribution in [-0.2, 0) is 0 Å². The fourth-order valence-electron chi connectivity index (χ4n) is 4.94. The lowest BCUT2D eigenvalue weighted by Gasteiger charge is -2.40. The largest absolute Gasteiger partial charge is 0.573 e. The van der Waals surface area contributed by atoms with Crippen LogP contribution in [0, 0.1) is 17.2 Å². The average Bonchev–Trinajstić information content (AvgIpc) is 3.59. The number of hydrogen-bond donors (Lipinski definition) is 0. The Labute approximate surface area is 200 Å². The van der Waals surface area contributed by atoms with E-state index in [1.807, 2.05) is 0 Å². The third-order valence-corrected chi connectivity index (χ3v) is 7.00. The summed E-state index contributed by atoms with van der Waals surface area (Å²) >= 11 is 0. The number of urea groups is 1. The fourth-order valence-corrected chi connectivity index (χ4v) is 4.94. The van der Waals surface area contributed by atoms with Crippen LogP contribution in [0.2, 0.25) is 0 Å². The lowest BCUT2D eigenvalue weighted by atomic mass is 9.84. The number of hydrogen-bond acceptors (Lipinski definition) is 6. The van der Waals surface area contributed by atoms with Crippen molar-refractivity contribution in [2.75, 3.05) is 26.2 Å². The van der Waals surface area contributed by atoms with Gasteiger partial charge in [0.15, 0.2) is 5.82 Å². The monoisotopic (exact) mass is 489 g/mol. The number of nitriles is 1. The van der Waals surface area contributed by atoms with E-state index < -0.39 is 6.36 Å². The van der Waals surface area contributed by atoms with E-state index in [-0.39, 0.29) is 29.5 Å². The molecule has 5 rings (SSSR count). The first kappa shape index (κ1) is 23.5. The molecule has 186 valence electrons. The zero-order chi connectivity index (χ0) is 24.6. The van der Waals surface area contributed by atoms with E-state index in [1.165, 1.54) is 12.1 Å². The second kappa shape index (κ2) is 9.40. The molecule has 1 aromatic heterocycles. The van der Waals surface area contributed by atoms with Gasteiger partial charge in [0.2, 0.25) is 5.89 Å². The third kappa shape index (κ3) is 5.52. The van der Waals surface area contributed by atoms with Gasteiger partial charge >= 0.3 is 12.4 Å². The molecule has 2 aromatic rings. The summed E-state index contributed by atoms with van der Waals surface area (Å²) in [5.74, 6) is 0.922. The van der Waals surface area contributed by atoms with Crippen molar-refractivity contribution < 1.29 is 27.2 Å². The predicted octanol–water partition coefficient (Wildman–Crippen LogP) is 4.77. The van der Waals surface area contributed by atoms with Gasteiger partial charge in [0.25, 0.3) is 0 Å². The predicted molar refractivity (Wildman–Crippen MR) is 116 cm³/mol. The van der Waals surface area contributed by atoms with Crippen LogP contribution in [0.15, 0.2) is 28.8 Å². The molecule has 0 spiro atoms. The van der Waals surface area contributed by atoms with Crippen LogP contribution in [0.4, 0.5) is 18.0 Å². The Morgan fingerprint density at radius 1 is 1.03 bits per heavy atom. The minimum absolute atomic E-state index is 0.0300. The van der Waals surface area contributed by atoms with E-state index in [0.717, 1.165) is 18.4 Å². The van der Waals surface area contributed by atoms with Crippen molar-refractivity contribution in [1.29, 1.82) is 5.26 Å². The van der Waals surface area contributed by atoms with E-state index in [0.29, 0.717) is 63.1 Å². The first-order valence-corrected chi connectivity index (χ1v) is 11.9. The molecule has 1 saturated carbocycles. The maximum Gasteiger partial charge on any atom is 0.573 e. The minimum Gasteiger partial charge on any atom is -0.406 e. The van der Waals surface area contributed by atoms with E-state index in [1.54, 1.807) is 21.9 Å². The van der Waals surface area contributed by atoms with E-state index in [9.17, 15) is 18.0 Å². The van der Waals surface area contributed by atoms with Crippen molar-refractivity contribution in [1.82, 2.24) is 19.9 Å². The number of likely N-dealkylation sites (tertiary alicyclic amines) is 2. The second-order valence-electron chi connectivity index (χ2n) is 9.59. The van der Waals surface area contributed by atoms with Crippen molar-refractivity contribution in [2.45, 2.75) is 56.2 Å². The number of carbonyl (C=O) groups is 1. The van der Waals surface area contributed by atoms with Gasteiger partial charge in [-0.3, -0.25) is 0 Å². The summed E-state index contributed by atoms with van der Waals surface area (Å²) in [6.45, 7) is 1.91. The number of aromatic nitrogens is 2. The van der Waals surface area contributed by atoms with Crippen LogP contribution in [0.5, 0.6) is 5.75 Å². The summed E-state index contributed by atoms with van der Waals surface area (Å²) < 4.78 is 47.2. The number of halogens is 3. The minimum atomic E-state index is -4.75.